The van der Waals surface area contributed by atoms with E-state index < -0.39 is 16.8 Å². The summed E-state index contributed by atoms with van der Waals surface area (Å²) in [7, 11) is 0.129. The smallest absolute Gasteiger partial charge is 0.333 e. The first-order valence-corrected chi connectivity index (χ1v) is 7.70. The summed E-state index contributed by atoms with van der Waals surface area (Å²) in [6, 6.07) is 9.30. The maximum atomic E-state index is 12.8. The molecule has 0 bridgehead atoms. The van der Waals surface area contributed by atoms with Crippen LogP contribution in [-0.2, 0) is 20.3 Å². The van der Waals surface area contributed by atoms with E-state index in [0.717, 1.165) is 4.90 Å². The Hall–Kier alpha value is -1.42. The Labute approximate surface area is 123 Å². The molecule has 1 aromatic rings. The summed E-state index contributed by atoms with van der Waals surface area (Å²) in [4.78, 5) is 12.3. The van der Waals surface area contributed by atoms with Crippen LogP contribution in [0.5, 0.6) is 0 Å². The van der Waals surface area contributed by atoms with Gasteiger partial charge in [-0.15, -0.1) is 0 Å². The molecule has 0 aromatic heterocycles. The molecule has 0 heterocycles. The van der Waals surface area contributed by atoms with Gasteiger partial charge in [-0.3, -0.25) is 4.21 Å². The van der Waals surface area contributed by atoms with E-state index in [-0.39, 0.29) is 10.7 Å². The number of hydrogen-bond acceptors (Lipinski definition) is 3. The van der Waals surface area contributed by atoms with Crippen molar-refractivity contribution in [2.45, 2.75) is 37.3 Å². The molecule has 1 rings (SSSR count). The molecule has 2 atom stereocenters. The van der Waals surface area contributed by atoms with Crippen molar-refractivity contribution in [3.63, 3.8) is 0 Å². The van der Waals surface area contributed by atoms with Crippen molar-refractivity contribution >= 4 is 16.8 Å². The highest BCUT2D eigenvalue weighted by atomic mass is 32.2. The van der Waals surface area contributed by atoms with Crippen molar-refractivity contribution in [3.8, 4) is 0 Å². The molecule has 20 heavy (non-hydrogen) atoms. The van der Waals surface area contributed by atoms with Gasteiger partial charge in [-0.2, -0.15) is 0 Å². The lowest BCUT2D eigenvalue weighted by Gasteiger charge is -2.30. The van der Waals surface area contributed by atoms with Crippen LogP contribution < -0.4 is 0 Å². The van der Waals surface area contributed by atoms with Crippen LogP contribution in [0.2, 0.25) is 0 Å². The van der Waals surface area contributed by atoms with Gasteiger partial charge >= 0.3 is 5.97 Å². The molecule has 4 heteroatoms. The monoisotopic (exact) mass is 294 g/mol. The Morgan fingerprint density at radius 3 is 2.30 bits per heavy atom. The maximum Gasteiger partial charge on any atom is 0.333 e. The Morgan fingerprint density at radius 2 is 1.85 bits per heavy atom. The molecule has 0 amide bonds. The van der Waals surface area contributed by atoms with E-state index >= 15 is 0 Å². The Morgan fingerprint density at radius 1 is 1.30 bits per heavy atom. The number of carbonyl (C=O) groups is 1. The van der Waals surface area contributed by atoms with E-state index in [2.05, 4.69) is 11.3 Å². The third kappa shape index (κ3) is 4.30. The molecule has 0 fully saturated rings. The van der Waals surface area contributed by atoms with Crippen LogP contribution >= 0.6 is 0 Å². The predicted molar refractivity (Wildman–Crippen MR) is 81.9 cm³/mol. The summed E-state index contributed by atoms with van der Waals surface area (Å²) in [5.74, 6) is -0.440. The minimum Gasteiger partial charge on any atom is -0.466 e. The van der Waals surface area contributed by atoms with Crippen LogP contribution in [-0.4, -0.2) is 22.5 Å². The molecule has 0 saturated heterocycles. The van der Waals surface area contributed by atoms with E-state index in [0.29, 0.717) is 12.0 Å². The van der Waals surface area contributed by atoms with Crippen molar-refractivity contribution in [1.82, 2.24) is 0 Å². The van der Waals surface area contributed by atoms with Crippen LogP contribution in [0.15, 0.2) is 47.4 Å². The van der Waals surface area contributed by atoms with Crippen LogP contribution in [0.4, 0.5) is 0 Å². The van der Waals surface area contributed by atoms with Gasteiger partial charge in [0.15, 0.2) is 0 Å². The fourth-order valence-corrected chi connectivity index (χ4v) is 3.62. The Kier molecular flexibility index (Phi) is 5.69. The normalized spacial score (nSPS) is 14.4. The highest BCUT2D eigenvalue weighted by molar-refractivity contribution is 7.85. The lowest BCUT2D eigenvalue weighted by molar-refractivity contribution is -0.136. The van der Waals surface area contributed by atoms with E-state index in [9.17, 15) is 9.00 Å². The van der Waals surface area contributed by atoms with Crippen molar-refractivity contribution in [2.24, 2.45) is 5.41 Å². The molecule has 0 spiro atoms. The van der Waals surface area contributed by atoms with Crippen molar-refractivity contribution in [1.29, 1.82) is 0 Å². The third-order valence-electron chi connectivity index (χ3n) is 3.11. The zero-order chi connectivity index (χ0) is 15.3. The SMILES string of the molecule is C=C(C[C@@H]([S@](=O)c1ccccc1)C(C)(C)C)C(=O)OC. The average molecular weight is 294 g/mol. The minimum absolute atomic E-state index is 0.198. The number of rotatable bonds is 5. The first-order chi connectivity index (χ1) is 9.27. The summed E-state index contributed by atoms with van der Waals surface area (Å²) in [5, 5.41) is -0.198. The molecule has 0 aliphatic rings. The fourth-order valence-electron chi connectivity index (χ4n) is 1.87. The first-order valence-electron chi connectivity index (χ1n) is 6.49. The number of carbonyl (C=O) groups excluding carboxylic acids is 1. The van der Waals surface area contributed by atoms with Crippen molar-refractivity contribution in [2.75, 3.05) is 7.11 Å². The molecule has 110 valence electrons. The van der Waals surface area contributed by atoms with Crippen molar-refractivity contribution < 1.29 is 13.7 Å². The number of hydrogen-bond donors (Lipinski definition) is 0. The van der Waals surface area contributed by atoms with Crippen LogP contribution in [0, 0.1) is 5.41 Å². The largest absolute Gasteiger partial charge is 0.466 e. The zero-order valence-corrected chi connectivity index (χ0v) is 13.3. The molecule has 0 unspecified atom stereocenters. The molecule has 0 aliphatic carbocycles. The van der Waals surface area contributed by atoms with Gasteiger partial charge in [0, 0.05) is 15.7 Å². The second kappa shape index (κ2) is 6.84. The zero-order valence-electron chi connectivity index (χ0n) is 12.5. The third-order valence-corrected chi connectivity index (χ3v) is 5.23. The van der Waals surface area contributed by atoms with Gasteiger partial charge in [-0.25, -0.2) is 4.79 Å². The number of ether oxygens (including phenoxy) is 1. The van der Waals surface area contributed by atoms with E-state index in [1.807, 2.05) is 51.1 Å². The van der Waals surface area contributed by atoms with E-state index in [1.54, 1.807) is 0 Å². The summed E-state index contributed by atoms with van der Waals surface area (Å²) in [6.07, 6.45) is 0.359. The van der Waals surface area contributed by atoms with Gasteiger partial charge in [0.2, 0.25) is 0 Å². The van der Waals surface area contributed by atoms with E-state index in [4.69, 9.17) is 0 Å². The highest BCUT2D eigenvalue weighted by Gasteiger charge is 2.32. The Balaban J connectivity index is 3.00. The second-order valence-electron chi connectivity index (χ2n) is 5.76. The molecule has 0 radical (unpaired) electrons. The van der Waals surface area contributed by atoms with Gasteiger partial charge in [0.1, 0.15) is 0 Å². The standard InChI is InChI=1S/C16H22O3S/c1-12(15(17)19-5)11-14(16(2,3)4)20(18)13-9-7-6-8-10-13/h6-10,14H,1,11H2,2-5H3/t14-,20-/m1/s1. The van der Waals surface area contributed by atoms with Gasteiger partial charge in [-0.05, 0) is 24.0 Å². The average Bonchev–Trinajstić information content (AvgIpc) is 2.42. The van der Waals surface area contributed by atoms with Crippen LogP contribution in [0.3, 0.4) is 0 Å². The van der Waals surface area contributed by atoms with Crippen LogP contribution in [0.1, 0.15) is 27.2 Å². The molecule has 3 nitrogen and oxygen atoms in total. The van der Waals surface area contributed by atoms with E-state index in [1.165, 1.54) is 7.11 Å². The minimum atomic E-state index is -1.20. The molecule has 0 saturated carbocycles. The van der Waals surface area contributed by atoms with Gasteiger partial charge in [0.05, 0.1) is 17.9 Å². The summed E-state index contributed by atoms with van der Waals surface area (Å²) in [5.41, 5.74) is 0.147. The molecule has 0 N–H and O–H groups in total. The molecule has 0 aliphatic heterocycles. The number of methoxy groups -OCH3 is 1. The van der Waals surface area contributed by atoms with Crippen molar-refractivity contribution in [3.05, 3.63) is 42.5 Å². The van der Waals surface area contributed by atoms with Gasteiger partial charge in [0.25, 0.3) is 0 Å². The highest BCUT2D eigenvalue weighted by Crippen LogP contribution is 2.32. The molecule has 1 aromatic carbocycles. The fraction of sp³-hybridized carbons (Fsp3) is 0.438. The number of esters is 1. The quantitative estimate of drug-likeness (QED) is 0.618. The second-order valence-corrected chi connectivity index (χ2v) is 7.40. The van der Waals surface area contributed by atoms with Gasteiger partial charge in [-0.1, -0.05) is 45.5 Å². The first kappa shape index (κ1) is 16.6. The number of benzene rings is 1. The van der Waals surface area contributed by atoms with Crippen LogP contribution in [0.25, 0.3) is 0 Å². The topological polar surface area (TPSA) is 43.4 Å². The maximum absolute atomic E-state index is 12.8. The molecular formula is C16H22O3S. The lowest BCUT2D eigenvalue weighted by Crippen LogP contribution is -2.32. The summed E-state index contributed by atoms with van der Waals surface area (Å²) >= 11 is 0. The molecular weight excluding hydrogens is 272 g/mol. The lowest BCUT2D eigenvalue weighted by atomic mass is 9.88. The summed E-state index contributed by atoms with van der Waals surface area (Å²) in [6.45, 7) is 9.80. The Bertz CT molecular complexity index is 500. The van der Waals surface area contributed by atoms with Gasteiger partial charge < -0.3 is 4.74 Å². The summed E-state index contributed by atoms with van der Waals surface area (Å²) < 4.78 is 17.4. The predicted octanol–water partition coefficient (Wildman–Crippen LogP) is 3.33.